The third-order valence-electron chi connectivity index (χ3n) is 8.32. The second-order valence-corrected chi connectivity index (χ2v) is 12.0. The Morgan fingerprint density at radius 1 is 1.02 bits per heavy atom. The average molecular weight is 619 g/mol. The summed E-state index contributed by atoms with van der Waals surface area (Å²) in [6, 6.07) is 21.7. The summed E-state index contributed by atoms with van der Waals surface area (Å²) in [7, 11) is 0. The van der Waals surface area contributed by atoms with Crippen LogP contribution in [0.5, 0.6) is 0 Å². The fraction of sp³-hybridized carbons (Fsp3) is 0.459. The molecule has 2 heterocycles. The molecule has 6 nitrogen and oxygen atoms in total. The van der Waals surface area contributed by atoms with Crippen LogP contribution >= 0.6 is 11.6 Å². The summed E-state index contributed by atoms with van der Waals surface area (Å²) < 4.78 is 0. The Hall–Kier alpha value is -3.19. The Bertz CT molecular complexity index is 1310. The number of nitrogens with zero attached hydrogens (tertiary/aromatic N) is 2. The third-order valence-corrected chi connectivity index (χ3v) is 8.55. The van der Waals surface area contributed by atoms with Gasteiger partial charge in [-0.3, -0.25) is 9.59 Å². The van der Waals surface area contributed by atoms with E-state index in [1.807, 2.05) is 66.4 Å². The molecule has 2 atom stereocenters. The first-order chi connectivity index (χ1) is 21.4. The van der Waals surface area contributed by atoms with Gasteiger partial charge in [0, 0.05) is 42.2 Å². The highest BCUT2D eigenvalue weighted by atomic mass is 35.5. The summed E-state index contributed by atoms with van der Waals surface area (Å²) in [6.07, 6.45) is 7.84. The van der Waals surface area contributed by atoms with Crippen LogP contribution in [0.4, 0.5) is 0 Å². The van der Waals surface area contributed by atoms with Crippen molar-refractivity contribution in [2.24, 2.45) is 0 Å². The standard InChI is InChI=1S/C27H30ClN3O2.C7H15N.C3H6/c1-2-19(20-6-4-3-5-7-20)18-31-13-12-25(29-17-26(31)32)16-30-27(33)23-9-8-22-15-24(28)11-10-21(22)14-23;1-2-8-6-4-3-5-7-8;1-3-2/h3-11,14-15,19,25,29H,2,12-13,16-18H2,1H3,(H,30,33);2-7H2,1H3;3H,1H2,2H3/t19-,25+;;/m1../s1. The maximum absolute atomic E-state index is 12.7. The molecule has 5 rings (SSSR count). The Morgan fingerprint density at radius 2 is 1.70 bits per heavy atom. The van der Waals surface area contributed by atoms with Crippen LogP contribution in [-0.4, -0.2) is 73.5 Å². The van der Waals surface area contributed by atoms with Crippen molar-refractivity contribution >= 4 is 34.2 Å². The van der Waals surface area contributed by atoms with Gasteiger partial charge in [0.15, 0.2) is 0 Å². The maximum atomic E-state index is 12.7. The van der Waals surface area contributed by atoms with Gasteiger partial charge in [0.1, 0.15) is 0 Å². The number of halogens is 1. The highest BCUT2D eigenvalue weighted by molar-refractivity contribution is 6.31. The minimum Gasteiger partial charge on any atom is -0.350 e. The molecule has 2 aliphatic heterocycles. The topological polar surface area (TPSA) is 64.7 Å². The Kier molecular flexibility index (Phi) is 15.4. The number of benzene rings is 3. The molecule has 3 aromatic carbocycles. The highest BCUT2D eigenvalue weighted by Crippen LogP contribution is 2.22. The van der Waals surface area contributed by atoms with E-state index in [1.54, 1.807) is 6.08 Å². The fourth-order valence-electron chi connectivity index (χ4n) is 5.66. The van der Waals surface area contributed by atoms with E-state index in [4.69, 9.17) is 11.6 Å². The van der Waals surface area contributed by atoms with Crippen molar-refractivity contribution in [1.82, 2.24) is 20.4 Å². The van der Waals surface area contributed by atoms with Crippen molar-refractivity contribution in [3.8, 4) is 0 Å². The molecule has 0 radical (unpaired) electrons. The third kappa shape index (κ3) is 11.4. The molecular formula is C37H51ClN4O2. The van der Waals surface area contributed by atoms with Gasteiger partial charge in [0.2, 0.25) is 5.91 Å². The Morgan fingerprint density at radius 3 is 2.36 bits per heavy atom. The van der Waals surface area contributed by atoms with Crippen LogP contribution in [-0.2, 0) is 4.79 Å². The van der Waals surface area contributed by atoms with E-state index in [2.05, 4.69) is 48.1 Å². The lowest BCUT2D eigenvalue weighted by Crippen LogP contribution is -2.42. The molecule has 7 heteroatoms. The van der Waals surface area contributed by atoms with Crippen LogP contribution in [0.3, 0.4) is 0 Å². The molecule has 0 spiro atoms. The zero-order chi connectivity index (χ0) is 31.7. The van der Waals surface area contributed by atoms with Crippen LogP contribution in [0.15, 0.2) is 79.4 Å². The van der Waals surface area contributed by atoms with Gasteiger partial charge in [-0.1, -0.05) is 80.4 Å². The van der Waals surface area contributed by atoms with Gasteiger partial charge < -0.3 is 20.4 Å². The van der Waals surface area contributed by atoms with Gasteiger partial charge in [-0.25, -0.2) is 0 Å². The van der Waals surface area contributed by atoms with Gasteiger partial charge >= 0.3 is 0 Å². The molecule has 0 aromatic heterocycles. The Balaban J connectivity index is 0.000000408. The van der Waals surface area contributed by atoms with Gasteiger partial charge in [-0.15, -0.1) is 6.58 Å². The van der Waals surface area contributed by atoms with Crippen molar-refractivity contribution < 1.29 is 9.59 Å². The van der Waals surface area contributed by atoms with Crippen LogP contribution in [0.25, 0.3) is 10.8 Å². The second-order valence-electron chi connectivity index (χ2n) is 11.5. The predicted octanol–water partition coefficient (Wildman–Crippen LogP) is 7.29. The largest absolute Gasteiger partial charge is 0.350 e. The number of carbonyl (C=O) groups excluding carboxylic acids is 2. The van der Waals surface area contributed by atoms with E-state index < -0.39 is 0 Å². The second kappa shape index (κ2) is 19.3. The number of piperidine rings is 1. The lowest BCUT2D eigenvalue weighted by molar-refractivity contribution is -0.129. The van der Waals surface area contributed by atoms with E-state index in [9.17, 15) is 9.59 Å². The van der Waals surface area contributed by atoms with Crippen molar-refractivity contribution in [3.63, 3.8) is 0 Å². The molecule has 2 fully saturated rings. The lowest BCUT2D eigenvalue weighted by Gasteiger charge is -2.26. The van der Waals surface area contributed by atoms with E-state index in [0.717, 1.165) is 30.2 Å². The average Bonchev–Trinajstić information content (AvgIpc) is 3.24. The summed E-state index contributed by atoms with van der Waals surface area (Å²) in [5.74, 6) is 0.330. The van der Waals surface area contributed by atoms with Crippen LogP contribution in [0.1, 0.15) is 74.7 Å². The zero-order valence-corrected chi connectivity index (χ0v) is 27.6. The molecule has 44 heavy (non-hydrogen) atoms. The first-order valence-corrected chi connectivity index (χ1v) is 16.6. The van der Waals surface area contributed by atoms with E-state index in [0.29, 0.717) is 36.1 Å². The maximum Gasteiger partial charge on any atom is 0.251 e. The summed E-state index contributed by atoms with van der Waals surface area (Å²) >= 11 is 6.04. The molecule has 0 aliphatic carbocycles. The highest BCUT2D eigenvalue weighted by Gasteiger charge is 2.25. The number of likely N-dealkylation sites (tertiary alicyclic amines) is 1. The normalized spacial score (nSPS) is 17.8. The summed E-state index contributed by atoms with van der Waals surface area (Å²) in [5, 5.41) is 9.00. The number of carbonyl (C=O) groups is 2. The number of rotatable bonds is 8. The molecule has 238 valence electrons. The molecule has 0 saturated carbocycles. The SMILES string of the molecule is C=CC.CCN1CCCCC1.CC[C@H](CN1CC[C@@H](CNC(=O)c2ccc3cc(Cl)ccc3c2)NCC1=O)c1ccccc1. The molecule has 0 bridgehead atoms. The monoisotopic (exact) mass is 618 g/mol. The number of allylic oxidation sites excluding steroid dienone is 1. The quantitative estimate of drug-likeness (QED) is 0.260. The lowest BCUT2D eigenvalue weighted by atomic mass is 9.96. The minimum atomic E-state index is -0.115. The molecule has 2 N–H and O–H groups in total. The first kappa shape index (κ1) is 35.3. The van der Waals surface area contributed by atoms with E-state index in [1.165, 1.54) is 44.5 Å². The van der Waals surface area contributed by atoms with Crippen molar-refractivity contribution in [3.05, 3.63) is 95.5 Å². The number of hydrogen-bond acceptors (Lipinski definition) is 4. The van der Waals surface area contributed by atoms with Gasteiger partial charge in [0.25, 0.3) is 5.91 Å². The van der Waals surface area contributed by atoms with Crippen molar-refractivity contribution in [2.45, 2.75) is 64.8 Å². The first-order valence-electron chi connectivity index (χ1n) is 16.2. The minimum absolute atomic E-state index is 0.0546. The zero-order valence-electron chi connectivity index (χ0n) is 26.9. The van der Waals surface area contributed by atoms with Crippen LogP contribution in [0.2, 0.25) is 5.02 Å². The molecule has 2 amide bonds. The number of nitrogens with one attached hydrogen (secondary N) is 2. The number of hydrogen-bond donors (Lipinski definition) is 2. The van der Waals surface area contributed by atoms with Gasteiger partial charge in [0.05, 0.1) is 6.54 Å². The van der Waals surface area contributed by atoms with E-state index >= 15 is 0 Å². The summed E-state index contributed by atoms with van der Waals surface area (Å²) in [4.78, 5) is 29.9. The van der Waals surface area contributed by atoms with Crippen LogP contribution in [0, 0.1) is 0 Å². The molecule has 0 unspecified atom stereocenters. The van der Waals surface area contributed by atoms with Crippen molar-refractivity contribution in [1.29, 1.82) is 0 Å². The summed E-state index contributed by atoms with van der Waals surface area (Å²) in [6.45, 7) is 15.8. The van der Waals surface area contributed by atoms with Gasteiger partial charge in [-0.2, -0.15) is 0 Å². The predicted molar refractivity (Wildman–Crippen MR) is 186 cm³/mol. The van der Waals surface area contributed by atoms with Crippen molar-refractivity contribution in [2.75, 3.05) is 45.8 Å². The molecule has 3 aromatic rings. The summed E-state index contributed by atoms with van der Waals surface area (Å²) in [5.41, 5.74) is 1.89. The fourth-order valence-corrected chi connectivity index (χ4v) is 5.84. The Labute approximate surface area is 269 Å². The molecule has 2 aliphatic rings. The van der Waals surface area contributed by atoms with Gasteiger partial charge in [-0.05, 0) is 92.8 Å². The number of fused-ring (bicyclic) bond motifs is 1. The number of amides is 2. The van der Waals surface area contributed by atoms with Crippen LogP contribution < -0.4 is 10.6 Å². The smallest absolute Gasteiger partial charge is 0.251 e. The van der Waals surface area contributed by atoms with E-state index in [-0.39, 0.29) is 17.9 Å². The molecular weight excluding hydrogens is 568 g/mol. The molecule has 2 saturated heterocycles.